The molecule has 18 nitrogen and oxygen atoms in total. The topological polar surface area (TPSA) is 192 Å². The SMILES string of the molecule is COCC(C)Nc1ncc2c(-c3ccc(CN4CCN(CCCCCN(CCN[C@H](C(=O)N5C[C@H](O[Si](C)(C)C(C)(C)C)C[C@H]5C(=O)NCc5ccc(-c6scnc6C)cc5)C(C)(C)C)C(=O)OC(C)(C)C)CC4)cc3)cn(C3CCC(O)CC3)c2n1. The zero-order valence-electron chi connectivity index (χ0n) is 54.8. The second kappa shape index (κ2) is 29.5. The number of rotatable bonds is 25. The molecule has 0 radical (unpaired) electrons. The van der Waals surface area contributed by atoms with Crippen LogP contribution in [-0.2, 0) is 36.6 Å². The zero-order chi connectivity index (χ0) is 62.8. The average Bonchev–Trinajstić information content (AvgIpc) is 1.80. The van der Waals surface area contributed by atoms with Crippen LogP contribution in [0.15, 0.2) is 66.4 Å². The van der Waals surface area contributed by atoms with Crippen LogP contribution in [0.25, 0.3) is 32.6 Å². The molecule has 2 aliphatic heterocycles. The summed E-state index contributed by atoms with van der Waals surface area (Å²) in [4.78, 5) is 67.0. The van der Waals surface area contributed by atoms with Crippen molar-refractivity contribution in [3.05, 3.63) is 83.3 Å². The maximum atomic E-state index is 15.0. The molecule has 8 rings (SSSR count). The molecule has 20 heteroatoms. The van der Waals surface area contributed by atoms with Gasteiger partial charge in [-0.05, 0) is 125 Å². The van der Waals surface area contributed by atoms with E-state index in [-0.39, 0.29) is 47.2 Å². The fraction of sp³-hybridized carbons (Fsp3) is 0.642. The van der Waals surface area contributed by atoms with E-state index < -0.39 is 31.4 Å². The number of carbonyl (C=O) groups is 3. The lowest BCUT2D eigenvalue weighted by Crippen LogP contribution is -2.57. The molecule has 3 fully saturated rings. The van der Waals surface area contributed by atoms with Crippen LogP contribution >= 0.6 is 11.3 Å². The Morgan fingerprint density at radius 2 is 1.52 bits per heavy atom. The summed E-state index contributed by atoms with van der Waals surface area (Å²) in [6.45, 7) is 35.3. The molecule has 4 atom stereocenters. The van der Waals surface area contributed by atoms with Crippen LogP contribution in [0.1, 0.15) is 143 Å². The number of unbranched alkanes of at least 4 members (excludes halogenated alkanes) is 2. The van der Waals surface area contributed by atoms with E-state index in [2.05, 4.69) is 119 Å². The predicted molar refractivity (Wildman–Crippen MR) is 352 cm³/mol. The van der Waals surface area contributed by atoms with Crippen molar-refractivity contribution in [1.82, 2.24) is 49.8 Å². The van der Waals surface area contributed by atoms with Crippen LogP contribution in [-0.4, -0.2) is 179 Å². The third-order valence-electron chi connectivity index (χ3n) is 18.0. The normalized spacial score (nSPS) is 20.0. The highest BCUT2D eigenvalue weighted by Gasteiger charge is 2.48. The van der Waals surface area contributed by atoms with E-state index in [9.17, 15) is 14.7 Å². The molecule has 2 saturated heterocycles. The molecule has 1 unspecified atom stereocenters. The van der Waals surface area contributed by atoms with E-state index in [1.54, 1.807) is 28.2 Å². The summed E-state index contributed by atoms with van der Waals surface area (Å²) in [7, 11) is -0.547. The van der Waals surface area contributed by atoms with E-state index >= 15 is 4.79 Å². The van der Waals surface area contributed by atoms with Crippen molar-refractivity contribution in [3.8, 4) is 21.6 Å². The number of thiazole rings is 1. The Kier molecular flexibility index (Phi) is 23.0. The molecule has 478 valence electrons. The first-order chi connectivity index (χ1) is 41.2. The van der Waals surface area contributed by atoms with Crippen molar-refractivity contribution in [2.24, 2.45) is 5.41 Å². The van der Waals surface area contributed by atoms with E-state index in [4.69, 9.17) is 23.9 Å². The fourth-order valence-electron chi connectivity index (χ4n) is 12.0. The number of methoxy groups -OCH3 is 1. The number of nitrogens with zero attached hydrogens (tertiary/aromatic N) is 8. The summed E-state index contributed by atoms with van der Waals surface area (Å²) in [6.07, 6.45) is 9.97. The molecular formula is C67H103N11O7SSi. The number of carbonyl (C=O) groups excluding carboxylic acids is 3. The van der Waals surface area contributed by atoms with Gasteiger partial charge in [-0.2, -0.15) is 4.98 Å². The smallest absolute Gasteiger partial charge is 0.410 e. The van der Waals surface area contributed by atoms with Gasteiger partial charge in [0, 0.05) is 114 Å². The van der Waals surface area contributed by atoms with Crippen molar-refractivity contribution in [2.45, 2.75) is 201 Å². The van der Waals surface area contributed by atoms with Gasteiger partial charge < -0.3 is 54.2 Å². The Morgan fingerprint density at radius 3 is 2.15 bits per heavy atom. The summed E-state index contributed by atoms with van der Waals surface area (Å²) in [5.74, 6) is 0.250. The lowest BCUT2D eigenvalue weighted by Gasteiger charge is -2.38. The quantitative estimate of drug-likeness (QED) is 0.0319. The number of amides is 3. The van der Waals surface area contributed by atoms with Gasteiger partial charge in [0.1, 0.15) is 17.3 Å². The fourth-order valence-corrected chi connectivity index (χ4v) is 14.2. The number of hydrogen-bond donors (Lipinski definition) is 4. The van der Waals surface area contributed by atoms with Crippen LogP contribution in [0.5, 0.6) is 0 Å². The zero-order valence-corrected chi connectivity index (χ0v) is 56.7. The minimum absolute atomic E-state index is 0.0455. The largest absolute Gasteiger partial charge is 0.444 e. The summed E-state index contributed by atoms with van der Waals surface area (Å²) < 4.78 is 20.5. The van der Waals surface area contributed by atoms with E-state index in [0.29, 0.717) is 51.7 Å². The summed E-state index contributed by atoms with van der Waals surface area (Å²) in [6, 6.07) is 16.2. The molecule has 0 spiro atoms. The second-order valence-electron chi connectivity index (χ2n) is 28.4. The third kappa shape index (κ3) is 18.4. The van der Waals surface area contributed by atoms with E-state index in [1.165, 1.54) is 5.56 Å². The number of hydrogen-bond acceptors (Lipinski definition) is 15. The van der Waals surface area contributed by atoms with Gasteiger partial charge in [-0.15, -0.1) is 11.3 Å². The van der Waals surface area contributed by atoms with Crippen molar-refractivity contribution < 1.29 is 33.4 Å². The minimum atomic E-state index is -2.24. The number of piperazine rings is 1. The van der Waals surface area contributed by atoms with Crippen molar-refractivity contribution in [3.63, 3.8) is 0 Å². The minimum Gasteiger partial charge on any atom is -0.444 e. The van der Waals surface area contributed by atoms with Gasteiger partial charge >= 0.3 is 6.09 Å². The molecule has 1 saturated carbocycles. The maximum Gasteiger partial charge on any atom is 0.410 e. The molecule has 5 heterocycles. The highest BCUT2D eigenvalue weighted by Crippen LogP contribution is 2.40. The molecule has 87 heavy (non-hydrogen) atoms. The van der Waals surface area contributed by atoms with Gasteiger partial charge in [0.2, 0.25) is 17.8 Å². The molecule has 1 aliphatic carbocycles. The number of nitrogens with one attached hydrogen (secondary N) is 3. The van der Waals surface area contributed by atoms with Gasteiger partial charge in [0.25, 0.3) is 0 Å². The highest BCUT2D eigenvalue weighted by molar-refractivity contribution is 7.13. The van der Waals surface area contributed by atoms with Crippen LogP contribution in [0, 0.1) is 12.3 Å². The molecule has 3 aromatic heterocycles. The van der Waals surface area contributed by atoms with E-state index in [1.807, 2.05) is 72.3 Å². The summed E-state index contributed by atoms with van der Waals surface area (Å²) >= 11 is 1.61. The second-order valence-corrected chi connectivity index (χ2v) is 34.0. The first kappa shape index (κ1) is 67.6. The molecule has 3 amide bonds. The third-order valence-corrected chi connectivity index (χ3v) is 23.5. The number of ether oxygens (including phenoxy) is 2. The standard InChI is InChI=1S/C67H103N11O7SSi/c1-46(44-83-12)72-63-70-40-55-56(43-77(60(55)73-63)52-26-28-53(79)29-27-52)50-22-20-49(21-23-50)41-75-36-34-74(35-37-75)31-16-15-17-32-76(64(82)84-66(6,7)8)33-30-68-59(65(3,4)5)62(81)78-42-54(85-87(13,14)67(9,10)11)38-57(78)61(80)69-39-48-18-24-51(25-19-48)58-47(2)71-45-86-58/h18-25,40,43,45-46,52-54,57,59,68,79H,15-17,26-39,41-42,44H2,1-14H3,(H,69,80)(H,70,72,73)/t46?,52?,53?,54-,57+,59-/m1/s1. The molecule has 3 aliphatic rings. The average molecular weight is 1230 g/mol. The maximum absolute atomic E-state index is 15.0. The predicted octanol–water partition coefficient (Wildman–Crippen LogP) is 11.3. The number of benzene rings is 2. The summed E-state index contributed by atoms with van der Waals surface area (Å²) in [5.41, 5.74) is 8.20. The van der Waals surface area contributed by atoms with Crippen LogP contribution in [0.4, 0.5) is 10.7 Å². The number of aliphatic hydroxyl groups is 1. The van der Waals surface area contributed by atoms with Gasteiger partial charge in [0.15, 0.2) is 8.32 Å². The Balaban J connectivity index is 0.821. The first-order valence-electron chi connectivity index (χ1n) is 32.0. The summed E-state index contributed by atoms with van der Waals surface area (Å²) in [5, 5.41) is 21.4. The Bertz CT molecular complexity index is 3030. The van der Waals surface area contributed by atoms with E-state index in [0.717, 1.165) is 128 Å². The molecule has 0 bridgehead atoms. The number of aliphatic hydroxyl groups excluding tert-OH is 1. The monoisotopic (exact) mass is 1230 g/mol. The van der Waals surface area contributed by atoms with Gasteiger partial charge in [-0.25, -0.2) is 14.8 Å². The molecular weight excluding hydrogens is 1130 g/mol. The molecule has 2 aromatic carbocycles. The number of likely N-dealkylation sites (tertiary alicyclic amines) is 1. The van der Waals surface area contributed by atoms with Crippen LogP contribution < -0.4 is 16.0 Å². The lowest BCUT2D eigenvalue weighted by atomic mass is 9.85. The highest BCUT2D eigenvalue weighted by atomic mass is 32.1. The van der Waals surface area contributed by atoms with Crippen molar-refractivity contribution in [1.29, 1.82) is 0 Å². The van der Waals surface area contributed by atoms with Crippen LogP contribution in [0.3, 0.4) is 0 Å². The number of anilines is 1. The number of aromatic nitrogens is 4. The molecule has 4 N–H and O–H groups in total. The van der Waals surface area contributed by atoms with Gasteiger partial charge in [-0.3, -0.25) is 14.5 Å². The Labute approximate surface area is 524 Å². The number of aryl methyl sites for hydroxylation is 1. The van der Waals surface area contributed by atoms with Crippen LogP contribution in [0.2, 0.25) is 18.1 Å². The van der Waals surface area contributed by atoms with Crippen molar-refractivity contribution in [2.75, 3.05) is 77.9 Å². The van der Waals surface area contributed by atoms with Gasteiger partial charge in [-0.1, -0.05) is 96.5 Å². The number of fused-ring (bicyclic) bond motifs is 1. The Morgan fingerprint density at radius 1 is 0.851 bits per heavy atom. The molecule has 5 aromatic rings. The van der Waals surface area contributed by atoms with Gasteiger partial charge in [0.05, 0.1) is 40.9 Å². The van der Waals surface area contributed by atoms with Crippen molar-refractivity contribution >= 4 is 54.5 Å². The lowest BCUT2D eigenvalue weighted by molar-refractivity contribution is -0.142. The first-order valence-corrected chi connectivity index (χ1v) is 35.8. The Hall–Kier alpha value is -5.32.